The summed E-state index contributed by atoms with van der Waals surface area (Å²) in [6.07, 6.45) is 0.792. The molecule has 4 nitrogen and oxygen atoms in total. The van der Waals surface area contributed by atoms with E-state index in [1.807, 2.05) is 0 Å². The average Bonchev–Trinajstić information content (AvgIpc) is 2.13. The van der Waals surface area contributed by atoms with Gasteiger partial charge in [0, 0.05) is 12.6 Å². The molecular weight excluding hydrogens is 180 g/mol. The number of hydrogen-bond donors (Lipinski definition) is 3. The molecule has 1 unspecified atom stereocenters. The molecule has 1 amide bonds. The normalized spacial score (nSPS) is 15.3. The van der Waals surface area contributed by atoms with E-state index in [-0.39, 0.29) is 24.5 Å². The van der Waals surface area contributed by atoms with E-state index in [1.54, 1.807) is 6.92 Å². The van der Waals surface area contributed by atoms with Crippen molar-refractivity contribution < 1.29 is 9.90 Å². The van der Waals surface area contributed by atoms with Crippen LogP contribution >= 0.6 is 0 Å². The lowest BCUT2D eigenvalue weighted by molar-refractivity contribution is -0.126. The van der Waals surface area contributed by atoms with Crippen LogP contribution in [0.25, 0.3) is 0 Å². The zero-order chi connectivity index (χ0) is 11.1. The van der Waals surface area contributed by atoms with Gasteiger partial charge in [0.05, 0.1) is 12.5 Å². The van der Waals surface area contributed by atoms with E-state index in [0.717, 1.165) is 6.42 Å². The monoisotopic (exact) mass is 202 g/mol. The lowest BCUT2D eigenvalue weighted by Crippen LogP contribution is -2.41. The molecule has 0 aliphatic heterocycles. The molecule has 4 N–H and O–H groups in total. The van der Waals surface area contributed by atoms with Crippen LogP contribution in [0.5, 0.6) is 0 Å². The second-order valence-electron chi connectivity index (χ2n) is 4.15. The minimum Gasteiger partial charge on any atom is -0.394 e. The first kappa shape index (κ1) is 13.4. The van der Waals surface area contributed by atoms with Gasteiger partial charge in [0.15, 0.2) is 0 Å². The molecular formula is C10H22N2O2. The van der Waals surface area contributed by atoms with E-state index in [0.29, 0.717) is 12.5 Å². The number of nitrogens with two attached hydrogens (primary N) is 1. The summed E-state index contributed by atoms with van der Waals surface area (Å²) >= 11 is 0. The highest BCUT2D eigenvalue weighted by Gasteiger charge is 2.19. The smallest absolute Gasteiger partial charge is 0.224 e. The van der Waals surface area contributed by atoms with Crippen LogP contribution in [0.4, 0.5) is 0 Å². The molecule has 0 aliphatic carbocycles. The number of carbonyl (C=O) groups excluding carboxylic acids is 1. The lowest BCUT2D eigenvalue weighted by atomic mass is 9.96. The third-order valence-electron chi connectivity index (χ3n) is 2.07. The van der Waals surface area contributed by atoms with Crippen LogP contribution in [0, 0.1) is 11.8 Å². The summed E-state index contributed by atoms with van der Waals surface area (Å²) in [5.74, 6) is 0.269. The maximum atomic E-state index is 11.6. The Hall–Kier alpha value is -0.610. The van der Waals surface area contributed by atoms with Crippen molar-refractivity contribution in [2.24, 2.45) is 17.6 Å². The molecule has 0 aliphatic rings. The highest BCUT2D eigenvalue weighted by Crippen LogP contribution is 2.10. The Morgan fingerprint density at radius 2 is 2.00 bits per heavy atom. The Bertz CT molecular complexity index is 172. The van der Waals surface area contributed by atoms with Crippen LogP contribution in [0.2, 0.25) is 0 Å². The first-order valence-corrected chi connectivity index (χ1v) is 5.12. The maximum absolute atomic E-state index is 11.6. The first-order valence-electron chi connectivity index (χ1n) is 5.12. The molecule has 0 bridgehead atoms. The summed E-state index contributed by atoms with van der Waals surface area (Å²) < 4.78 is 0. The van der Waals surface area contributed by atoms with E-state index < -0.39 is 0 Å². The van der Waals surface area contributed by atoms with Crippen molar-refractivity contribution in [3.8, 4) is 0 Å². The number of rotatable bonds is 6. The van der Waals surface area contributed by atoms with E-state index >= 15 is 0 Å². The number of hydrogen-bond acceptors (Lipinski definition) is 3. The largest absolute Gasteiger partial charge is 0.394 e. The third-order valence-corrected chi connectivity index (χ3v) is 2.07. The molecule has 0 heterocycles. The molecule has 0 aromatic rings. The number of amides is 1. The molecule has 0 fully saturated rings. The fraction of sp³-hybridized carbons (Fsp3) is 0.900. The summed E-state index contributed by atoms with van der Waals surface area (Å²) in [6, 6.07) is -0.191. The Morgan fingerprint density at radius 3 is 2.36 bits per heavy atom. The van der Waals surface area contributed by atoms with Crippen molar-refractivity contribution in [3.63, 3.8) is 0 Å². The van der Waals surface area contributed by atoms with Gasteiger partial charge in [-0.2, -0.15) is 0 Å². The minimum absolute atomic E-state index is 0.0370. The van der Waals surface area contributed by atoms with E-state index in [2.05, 4.69) is 19.2 Å². The van der Waals surface area contributed by atoms with Crippen molar-refractivity contribution in [2.75, 3.05) is 13.2 Å². The fourth-order valence-electron chi connectivity index (χ4n) is 1.29. The molecule has 84 valence electrons. The van der Waals surface area contributed by atoms with E-state index in [9.17, 15) is 4.79 Å². The molecule has 0 aromatic carbocycles. The van der Waals surface area contributed by atoms with Crippen molar-refractivity contribution in [1.82, 2.24) is 5.32 Å². The number of nitrogens with one attached hydrogen (secondary N) is 1. The Morgan fingerprint density at radius 1 is 1.43 bits per heavy atom. The number of aliphatic hydroxyl groups excluding tert-OH is 1. The first-order chi connectivity index (χ1) is 6.51. The quantitative estimate of drug-likeness (QED) is 0.572. The SMILES string of the molecule is CC(C)CC(CN)C(=O)N[C@@H](C)CO. The second-order valence-corrected chi connectivity index (χ2v) is 4.15. The van der Waals surface area contributed by atoms with Crippen LogP contribution in [0.1, 0.15) is 27.2 Å². The van der Waals surface area contributed by atoms with Gasteiger partial charge in [-0.15, -0.1) is 0 Å². The lowest BCUT2D eigenvalue weighted by Gasteiger charge is -2.19. The molecule has 14 heavy (non-hydrogen) atoms. The van der Waals surface area contributed by atoms with Crippen LogP contribution in [-0.4, -0.2) is 30.2 Å². The third kappa shape index (κ3) is 5.19. The Balaban J connectivity index is 4.04. The summed E-state index contributed by atoms with van der Waals surface area (Å²) in [5, 5.41) is 11.5. The summed E-state index contributed by atoms with van der Waals surface area (Å²) in [4.78, 5) is 11.6. The number of aliphatic hydroxyl groups is 1. The van der Waals surface area contributed by atoms with Crippen LogP contribution in [0.15, 0.2) is 0 Å². The minimum atomic E-state index is -0.191. The van der Waals surface area contributed by atoms with Crippen LogP contribution in [0.3, 0.4) is 0 Å². The van der Waals surface area contributed by atoms with Gasteiger partial charge in [-0.05, 0) is 19.3 Å². The van der Waals surface area contributed by atoms with Crippen LogP contribution < -0.4 is 11.1 Å². The predicted octanol–water partition coefficient (Wildman–Crippen LogP) is 0.104. The van der Waals surface area contributed by atoms with E-state index in [4.69, 9.17) is 10.8 Å². The fourth-order valence-corrected chi connectivity index (χ4v) is 1.29. The van der Waals surface area contributed by atoms with E-state index in [1.165, 1.54) is 0 Å². The summed E-state index contributed by atoms with van der Waals surface area (Å²) in [7, 11) is 0. The van der Waals surface area contributed by atoms with Gasteiger partial charge < -0.3 is 16.2 Å². The standard InChI is InChI=1S/C10H22N2O2/c1-7(2)4-9(5-11)10(14)12-8(3)6-13/h7-9,13H,4-6,11H2,1-3H3,(H,12,14)/t8-,9?/m0/s1. The molecule has 0 radical (unpaired) electrons. The number of carbonyl (C=O) groups is 1. The van der Waals surface area contributed by atoms with Gasteiger partial charge in [-0.25, -0.2) is 0 Å². The average molecular weight is 202 g/mol. The highest BCUT2D eigenvalue weighted by atomic mass is 16.3. The van der Waals surface area contributed by atoms with Crippen molar-refractivity contribution in [3.05, 3.63) is 0 Å². The molecule has 0 saturated heterocycles. The van der Waals surface area contributed by atoms with Gasteiger partial charge in [0.2, 0.25) is 5.91 Å². The Labute approximate surface area is 85.9 Å². The molecule has 4 heteroatoms. The van der Waals surface area contributed by atoms with Crippen LogP contribution in [-0.2, 0) is 4.79 Å². The highest BCUT2D eigenvalue weighted by molar-refractivity contribution is 5.79. The maximum Gasteiger partial charge on any atom is 0.224 e. The van der Waals surface area contributed by atoms with Gasteiger partial charge in [-0.3, -0.25) is 4.79 Å². The Kier molecular flexibility index (Phi) is 6.49. The molecule has 0 rings (SSSR count). The molecule has 0 spiro atoms. The predicted molar refractivity (Wildman–Crippen MR) is 56.7 cm³/mol. The summed E-state index contributed by atoms with van der Waals surface area (Å²) in [6.45, 7) is 6.21. The zero-order valence-corrected chi connectivity index (χ0v) is 9.29. The summed E-state index contributed by atoms with van der Waals surface area (Å²) in [5.41, 5.74) is 5.52. The van der Waals surface area contributed by atoms with Crippen molar-refractivity contribution in [1.29, 1.82) is 0 Å². The second kappa shape index (κ2) is 6.79. The molecule has 0 aromatic heterocycles. The molecule has 0 saturated carbocycles. The van der Waals surface area contributed by atoms with Gasteiger partial charge in [0.25, 0.3) is 0 Å². The zero-order valence-electron chi connectivity index (χ0n) is 9.29. The van der Waals surface area contributed by atoms with Gasteiger partial charge >= 0.3 is 0 Å². The molecule has 2 atom stereocenters. The topological polar surface area (TPSA) is 75.4 Å². The van der Waals surface area contributed by atoms with Crippen molar-refractivity contribution >= 4 is 5.91 Å². The van der Waals surface area contributed by atoms with Gasteiger partial charge in [-0.1, -0.05) is 13.8 Å². The van der Waals surface area contributed by atoms with Gasteiger partial charge in [0.1, 0.15) is 0 Å². The van der Waals surface area contributed by atoms with Crippen molar-refractivity contribution in [2.45, 2.75) is 33.2 Å².